The highest BCUT2D eigenvalue weighted by Gasteiger charge is 2.28. The van der Waals surface area contributed by atoms with Crippen LogP contribution in [0.5, 0.6) is 0 Å². The zero-order valence-electron chi connectivity index (χ0n) is 11.2. The summed E-state index contributed by atoms with van der Waals surface area (Å²) in [6, 6.07) is 6.16. The number of anilines is 1. The van der Waals surface area contributed by atoms with Gasteiger partial charge in [0, 0.05) is 24.1 Å². The molecule has 0 aliphatic carbocycles. The Labute approximate surface area is 113 Å². The second kappa shape index (κ2) is 4.94. The van der Waals surface area contributed by atoms with Crippen molar-refractivity contribution >= 4 is 11.6 Å². The van der Waals surface area contributed by atoms with Gasteiger partial charge in [0.15, 0.2) is 0 Å². The van der Waals surface area contributed by atoms with E-state index in [9.17, 15) is 4.79 Å². The summed E-state index contributed by atoms with van der Waals surface area (Å²) >= 11 is 0. The van der Waals surface area contributed by atoms with Gasteiger partial charge in [0.1, 0.15) is 0 Å². The molecule has 0 spiro atoms. The molecule has 3 unspecified atom stereocenters. The molecule has 2 heterocycles. The number of nitrogens with two attached hydrogens (primary N) is 1. The van der Waals surface area contributed by atoms with Crippen molar-refractivity contribution in [2.24, 2.45) is 11.7 Å². The van der Waals surface area contributed by atoms with Gasteiger partial charge in [-0.15, -0.1) is 0 Å². The molecule has 2 aliphatic heterocycles. The van der Waals surface area contributed by atoms with Gasteiger partial charge in [0.05, 0.1) is 12.7 Å². The molecule has 1 aromatic rings. The number of rotatable bonds is 2. The maximum absolute atomic E-state index is 11.3. The van der Waals surface area contributed by atoms with E-state index in [2.05, 4.69) is 18.3 Å². The van der Waals surface area contributed by atoms with Crippen LogP contribution in [0.15, 0.2) is 18.2 Å². The van der Waals surface area contributed by atoms with Crippen molar-refractivity contribution in [1.29, 1.82) is 0 Å². The first kappa shape index (κ1) is 12.6. The molecule has 3 N–H and O–H groups in total. The quantitative estimate of drug-likeness (QED) is 0.854. The summed E-state index contributed by atoms with van der Waals surface area (Å²) in [6.45, 7) is 2.84. The number of hydrogen-bond donors (Lipinski definition) is 2. The van der Waals surface area contributed by atoms with Crippen LogP contribution in [0.1, 0.15) is 36.9 Å². The van der Waals surface area contributed by atoms with Crippen molar-refractivity contribution in [3.8, 4) is 0 Å². The van der Waals surface area contributed by atoms with Gasteiger partial charge >= 0.3 is 0 Å². The fourth-order valence-corrected chi connectivity index (χ4v) is 2.98. The maximum Gasteiger partial charge on any atom is 0.224 e. The van der Waals surface area contributed by atoms with Crippen LogP contribution in [-0.4, -0.2) is 18.6 Å². The fourth-order valence-electron chi connectivity index (χ4n) is 2.98. The van der Waals surface area contributed by atoms with Gasteiger partial charge in [-0.25, -0.2) is 0 Å². The Kier molecular flexibility index (Phi) is 3.29. The van der Waals surface area contributed by atoms with E-state index in [0.29, 0.717) is 18.4 Å². The fraction of sp³-hybridized carbons (Fsp3) is 0.533. The van der Waals surface area contributed by atoms with Crippen molar-refractivity contribution < 1.29 is 9.53 Å². The van der Waals surface area contributed by atoms with Crippen LogP contribution < -0.4 is 11.1 Å². The van der Waals surface area contributed by atoms with Gasteiger partial charge in [-0.05, 0) is 37.0 Å². The molecule has 102 valence electrons. The van der Waals surface area contributed by atoms with Crippen molar-refractivity contribution in [2.75, 3.05) is 11.9 Å². The molecule has 4 nitrogen and oxygen atoms in total. The molecular formula is C15H20N2O2. The Hall–Kier alpha value is -1.39. The van der Waals surface area contributed by atoms with E-state index in [-0.39, 0.29) is 11.9 Å². The van der Waals surface area contributed by atoms with Gasteiger partial charge in [-0.2, -0.15) is 0 Å². The van der Waals surface area contributed by atoms with Gasteiger partial charge in [0.2, 0.25) is 5.91 Å². The van der Waals surface area contributed by atoms with E-state index in [1.54, 1.807) is 0 Å². The van der Waals surface area contributed by atoms with E-state index in [1.165, 1.54) is 5.56 Å². The van der Waals surface area contributed by atoms with Gasteiger partial charge < -0.3 is 15.8 Å². The van der Waals surface area contributed by atoms with E-state index in [1.807, 2.05) is 12.1 Å². The summed E-state index contributed by atoms with van der Waals surface area (Å²) < 4.78 is 5.60. The standard InChI is InChI=1S/C15H20N2O2/c1-9-6-12(8-19-9)15(16)11-2-4-13-10(7-11)3-5-14(18)17-13/h2,4,7,9,12,15H,3,5-6,8,16H2,1H3,(H,17,18). The Bertz CT molecular complexity index is 501. The smallest absolute Gasteiger partial charge is 0.224 e. The Morgan fingerprint density at radius 3 is 3.00 bits per heavy atom. The summed E-state index contributed by atoms with van der Waals surface area (Å²) in [4.78, 5) is 11.3. The number of carbonyl (C=O) groups is 1. The molecule has 1 amide bonds. The van der Waals surface area contributed by atoms with E-state index >= 15 is 0 Å². The van der Waals surface area contributed by atoms with Crippen LogP contribution in [-0.2, 0) is 16.0 Å². The molecule has 0 saturated carbocycles. The van der Waals surface area contributed by atoms with Gasteiger partial charge in [-0.1, -0.05) is 12.1 Å². The lowest BCUT2D eigenvalue weighted by atomic mass is 9.89. The number of amides is 1. The minimum absolute atomic E-state index is 0.0212. The van der Waals surface area contributed by atoms with Gasteiger partial charge in [-0.3, -0.25) is 4.79 Å². The first-order valence-corrected chi connectivity index (χ1v) is 6.93. The average Bonchev–Trinajstić information content (AvgIpc) is 2.84. The largest absolute Gasteiger partial charge is 0.378 e. The van der Waals surface area contributed by atoms with Crippen LogP contribution in [0, 0.1) is 5.92 Å². The highest BCUT2D eigenvalue weighted by atomic mass is 16.5. The van der Waals surface area contributed by atoms with Crippen molar-refractivity contribution in [3.63, 3.8) is 0 Å². The number of benzene rings is 1. The summed E-state index contributed by atoms with van der Waals surface area (Å²) in [6.07, 6.45) is 2.71. The van der Waals surface area contributed by atoms with Crippen LogP contribution in [0.3, 0.4) is 0 Å². The van der Waals surface area contributed by atoms with Crippen molar-refractivity contribution in [3.05, 3.63) is 29.3 Å². The normalized spacial score (nSPS) is 27.8. The van der Waals surface area contributed by atoms with E-state index < -0.39 is 0 Å². The molecule has 1 saturated heterocycles. The minimum atomic E-state index is 0.0212. The van der Waals surface area contributed by atoms with Crippen LogP contribution in [0.4, 0.5) is 5.69 Å². The van der Waals surface area contributed by atoms with Gasteiger partial charge in [0.25, 0.3) is 0 Å². The summed E-state index contributed by atoms with van der Waals surface area (Å²) in [5.74, 6) is 0.494. The first-order valence-electron chi connectivity index (χ1n) is 6.93. The van der Waals surface area contributed by atoms with Crippen molar-refractivity contribution in [1.82, 2.24) is 0 Å². The average molecular weight is 260 g/mol. The number of hydrogen-bond acceptors (Lipinski definition) is 3. The Balaban J connectivity index is 1.80. The maximum atomic E-state index is 11.3. The number of carbonyl (C=O) groups excluding carboxylic acids is 1. The topological polar surface area (TPSA) is 64.4 Å². The highest BCUT2D eigenvalue weighted by Crippen LogP contribution is 2.32. The number of fused-ring (bicyclic) bond motifs is 1. The second-order valence-electron chi connectivity index (χ2n) is 5.63. The molecule has 3 atom stereocenters. The predicted molar refractivity (Wildman–Crippen MR) is 73.8 cm³/mol. The summed E-state index contributed by atoms with van der Waals surface area (Å²) in [7, 11) is 0. The Morgan fingerprint density at radius 2 is 2.26 bits per heavy atom. The molecule has 0 bridgehead atoms. The predicted octanol–water partition coefficient (Wildman–Crippen LogP) is 2.00. The molecular weight excluding hydrogens is 240 g/mol. The summed E-state index contributed by atoms with van der Waals surface area (Å²) in [5.41, 5.74) is 9.63. The lowest BCUT2D eigenvalue weighted by Gasteiger charge is -2.22. The summed E-state index contributed by atoms with van der Waals surface area (Å²) in [5, 5.41) is 2.90. The number of aryl methyl sites for hydroxylation is 1. The molecule has 0 radical (unpaired) electrons. The zero-order chi connectivity index (χ0) is 13.4. The minimum Gasteiger partial charge on any atom is -0.378 e. The first-order chi connectivity index (χ1) is 9.13. The molecule has 4 heteroatoms. The molecule has 2 aliphatic rings. The molecule has 1 aromatic carbocycles. The van der Waals surface area contributed by atoms with Crippen molar-refractivity contribution in [2.45, 2.75) is 38.3 Å². The number of nitrogens with one attached hydrogen (secondary N) is 1. The van der Waals surface area contributed by atoms with Crippen LogP contribution in [0.25, 0.3) is 0 Å². The molecule has 1 fully saturated rings. The highest BCUT2D eigenvalue weighted by molar-refractivity contribution is 5.93. The van der Waals surface area contributed by atoms with Crippen LogP contribution in [0.2, 0.25) is 0 Å². The van der Waals surface area contributed by atoms with Crippen LogP contribution >= 0.6 is 0 Å². The lowest BCUT2D eigenvalue weighted by Crippen LogP contribution is -2.23. The number of ether oxygens (including phenoxy) is 1. The molecule has 19 heavy (non-hydrogen) atoms. The molecule has 3 rings (SSSR count). The third-order valence-corrected chi connectivity index (χ3v) is 4.15. The SMILES string of the molecule is CC1CC(C(N)c2ccc3c(c2)CCC(=O)N3)CO1. The lowest BCUT2D eigenvalue weighted by molar-refractivity contribution is -0.116. The zero-order valence-corrected chi connectivity index (χ0v) is 11.2. The van der Waals surface area contributed by atoms with E-state index in [4.69, 9.17) is 10.5 Å². The Morgan fingerprint density at radius 1 is 1.42 bits per heavy atom. The third kappa shape index (κ3) is 2.51. The third-order valence-electron chi connectivity index (χ3n) is 4.15. The monoisotopic (exact) mass is 260 g/mol. The molecule has 0 aromatic heterocycles. The second-order valence-corrected chi connectivity index (χ2v) is 5.63. The van der Waals surface area contributed by atoms with E-state index in [0.717, 1.165) is 30.7 Å².